The van der Waals surface area contributed by atoms with Crippen molar-refractivity contribution in [1.82, 2.24) is 14.8 Å². The second-order valence-electron chi connectivity index (χ2n) is 7.23. The second-order valence-corrected chi connectivity index (χ2v) is 8.05. The van der Waals surface area contributed by atoms with Crippen molar-refractivity contribution >= 4 is 29.0 Å². The topological polar surface area (TPSA) is 57.0 Å². The van der Waals surface area contributed by atoms with E-state index in [4.69, 9.17) is 27.9 Å². The van der Waals surface area contributed by atoms with Gasteiger partial charge in [0.25, 0.3) is 0 Å². The molecule has 4 rings (SSSR count). The minimum atomic E-state index is 0.00873. The number of rotatable bonds is 5. The van der Waals surface area contributed by atoms with Crippen LogP contribution in [-0.2, 0) is 11.2 Å². The van der Waals surface area contributed by atoms with Crippen LogP contribution in [-0.4, -0.2) is 33.8 Å². The van der Waals surface area contributed by atoms with Gasteiger partial charge in [-0.25, -0.2) is 4.68 Å². The van der Waals surface area contributed by atoms with Gasteiger partial charge in [0, 0.05) is 37.4 Å². The third-order valence-corrected chi connectivity index (χ3v) is 6.05. The Labute approximate surface area is 179 Å². The number of halogens is 2. The van der Waals surface area contributed by atoms with Gasteiger partial charge in [-0.15, -0.1) is 0 Å². The number of hydrogen-bond donors (Lipinski definition) is 0. The molecule has 0 atom stereocenters. The van der Waals surface area contributed by atoms with Gasteiger partial charge in [-0.2, -0.15) is 5.10 Å². The van der Waals surface area contributed by atoms with Crippen LogP contribution in [0.1, 0.15) is 46.1 Å². The molecule has 0 unspecified atom stereocenters. The Morgan fingerprint density at radius 3 is 2.62 bits per heavy atom. The van der Waals surface area contributed by atoms with Crippen LogP contribution in [0.5, 0.6) is 0 Å². The SMILES string of the molecule is Cc1c(C(=O)Cc2ccc(C3CCOCC3)nc2)cnn1-c1ccc(Cl)c(Cl)c1. The highest BCUT2D eigenvalue weighted by molar-refractivity contribution is 6.42. The zero-order valence-electron chi connectivity index (χ0n) is 16.1. The summed E-state index contributed by atoms with van der Waals surface area (Å²) >= 11 is 12.1. The van der Waals surface area contributed by atoms with E-state index in [1.807, 2.05) is 25.1 Å². The number of carbonyl (C=O) groups is 1. The molecule has 1 aromatic carbocycles. The highest BCUT2D eigenvalue weighted by Gasteiger charge is 2.19. The molecule has 1 aliphatic heterocycles. The van der Waals surface area contributed by atoms with Gasteiger partial charge in [-0.05, 0) is 49.6 Å². The van der Waals surface area contributed by atoms with Crippen LogP contribution in [0.3, 0.4) is 0 Å². The molecule has 0 bridgehead atoms. The fourth-order valence-corrected chi connectivity index (χ4v) is 3.91. The van der Waals surface area contributed by atoms with Crippen LogP contribution in [0.15, 0.2) is 42.7 Å². The Morgan fingerprint density at radius 2 is 1.93 bits per heavy atom. The number of pyridine rings is 1. The molecule has 0 amide bonds. The minimum absolute atomic E-state index is 0.00873. The largest absolute Gasteiger partial charge is 0.381 e. The summed E-state index contributed by atoms with van der Waals surface area (Å²) in [5, 5.41) is 5.29. The third-order valence-electron chi connectivity index (χ3n) is 5.31. The van der Waals surface area contributed by atoms with Gasteiger partial charge < -0.3 is 4.74 Å². The first-order valence-corrected chi connectivity index (χ1v) is 10.3. The Morgan fingerprint density at radius 1 is 1.14 bits per heavy atom. The molecular formula is C22H21Cl2N3O2. The molecule has 0 aliphatic carbocycles. The maximum Gasteiger partial charge on any atom is 0.170 e. The summed E-state index contributed by atoms with van der Waals surface area (Å²) in [6, 6.07) is 9.30. The van der Waals surface area contributed by atoms with E-state index >= 15 is 0 Å². The summed E-state index contributed by atoms with van der Waals surface area (Å²) in [6.07, 6.45) is 5.69. The molecule has 0 spiro atoms. The van der Waals surface area contributed by atoms with Crippen molar-refractivity contribution in [3.63, 3.8) is 0 Å². The van der Waals surface area contributed by atoms with Crippen molar-refractivity contribution in [1.29, 1.82) is 0 Å². The van der Waals surface area contributed by atoms with Gasteiger partial charge in [0.15, 0.2) is 5.78 Å². The summed E-state index contributed by atoms with van der Waals surface area (Å²) < 4.78 is 7.11. The van der Waals surface area contributed by atoms with Crippen LogP contribution in [0.2, 0.25) is 10.0 Å². The first-order chi connectivity index (χ1) is 14.0. The molecule has 3 aromatic rings. The summed E-state index contributed by atoms with van der Waals surface area (Å²) in [7, 11) is 0. The van der Waals surface area contributed by atoms with Gasteiger partial charge in [0.1, 0.15) is 0 Å². The molecular weight excluding hydrogens is 409 g/mol. The van der Waals surface area contributed by atoms with E-state index in [2.05, 4.69) is 10.1 Å². The van der Waals surface area contributed by atoms with Crippen LogP contribution in [0.4, 0.5) is 0 Å². The number of Topliss-reactive ketones (excluding diaryl/α,β-unsaturated/α-hetero) is 1. The van der Waals surface area contributed by atoms with E-state index in [1.165, 1.54) is 0 Å². The van der Waals surface area contributed by atoms with Crippen molar-refractivity contribution in [2.24, 2.45) is 0 Å². The van der Waals surface area contributed by atoms with E-state index in [0.717, 1.165) is 48.7 Å². The molecule has 0 N–H and O–H groups in total. The lowest BCUT2D eigenvalue weighted by molar-refractivity contribution is 0.0845. The number of benzene rings is 1. The van der Waals surface area contributed by atoms with E-state index < -0.39 is 0 Å². The molecule has 1 fully saturated rings. The molecule has 150 valence electrons. The highest BCUT2D eigenvalue weighted by Crippen LogP contribution is 2.27. The first kappa shape index (κ1) is 20.1. The molecule has 1 saturated heterocycles. The average molecular weight is 430 g/mol. The standard InChI is InChI=1S/C22H21Cl2N3O2/c1-14-18(13-26-27(14)17-3-4-19(23)20(24)11-17)22(28)10-15-2-5-21(25-12-15)16-6-8-29-9-7-16/h2-5,11-13,16H,6-10H2,1H3. The van der Waals surface area contributed by atoms with Crippen molar-refractivity contribution in [2.45, 2.75) is 32.1 Å². The van der Waals surface area contributed by atoms with Gasteiger partial charge in [0.05, 0.1) is 33.2 Å². The monoisotopic (exact) mass is 429 g/mol. The minimum Gasteiger partial charge on any atom is -0.381 e. The van der Waals surface area contributed by atoms with Crippen LogP contribution >= 0.6 is 23.2 Å². The molecule has 0 saturated carbocycles. The molecule has 29 heavy (non-hydrogen) atoms. The zero-order valence-corrected chi connectivity index (χ0v) is 17.6. The summed E-state index contributed by atoms with van der Waals surface area (Å²) in [4.78, 5) is 17.4. The normalized spacial score (nSPS) is 14.9. The van der Waals surface area contributed by atoms with Crippen LogP contribution in [0.25, 0.3) is 5.69 Å². The molecule has 5 nitrogen and oxygen atoms in total. The maximum atomic E-state index is 12.8. The smallest absolute Gasteiger partial charge is 0.170 e. The van der Waals surface area contributed by atoms with Gasteiger partial charge in [-0.3, -0.25) is 9.78 Å². The lowest BCUT2D eigenvalue weighted by atomic mass is 9.95. The molecule has 3 heterocycles. The lowest BCUT2D eigenvalue weighted by Gasteiger charge is -2.21. The van der Waals surface area contributed by atoms with E-state index in [0.29, 0.717) is 21.5 Å². The van der Waals surface area contributed by atoms with E-state index in [-0.39, 0.29) is 12.2 Å². The number of aromatic nitrogens is 3. The number of ether oxygens (including phenoxy) is 1. The van der Waals surface area contributed by atoms with Gasteiger partial charge in [-0.1, -0.05) is 29.3 Å². The van der Waals surface area contributed by atoms with Crippen molar-refractivity contribution in [3.05, 3.63) is 75.3 Å². The Hall–Kier alpha value is -2.21. The quantitative estimate of drug-likeness (QED) is 0.522. The van der Waals surface area contributed by atoms with Gasteiger partial charge >= 0.3 is 0 Å². The first-order valence-electron chi connectivity index (χ1n) is 9.59. The molecule has 2 aromatic heterocycles. The number of nitrogens with zero attached hydrogens (tertiary/aromatic N) is 3. The molecule has 0 radical (unpaired) electrons. The number of hydrogen-bond acceptors (Lipinski definition) is 4. The predicted molar refractivity (Wildman–Crippen MR) is 113 cm³/mol. The fourth-order valence-electron chi connectivity index (χ4n) is 3.62. The van der Waals surface area contributed by atoms with Crippen LogP contribution in [0, 0.1) is 6.92 Å². The summed E-state index contributed by atoms with van der Waals surface area (Å²) in [6.45, 7) is 3.44. The zero-order chi connectivity index (χ0) is 20.4. The van der Waals surface area contributed by atoms with Crippen LogP contribution < -0.4 is 0 Å². The third kappa shape index (κ3) is 4.37. The molecule has 1 aliphatic rings. The van der Waals surface area contributed by atoms with Crippen molar-refractivity contribution < 1.29 is 9.53 Å². The summed E-state index contributed by atoms with van der Waals surface area (Å²) in [5.74, 6) is 0.453. The van der Waals surface area contributed by atoms with Gasteiger partial charge in [0.2, 0.25) is 0 Å². The number of ketones is 1. The number of carbonyl (C=O) groups excluding carboxylic acids is 1. The van der Waals surface area contributed by atoms with E-state index in [1.54, 1.807) is 29.2 Å². The Bertz CT molecular complexity index is 1030. The second kappa shape index (κ2) is 8.66. The summed E-state index contributed by atoms with van der Waals surface area (Å²) in [5.41, 5.74) is 4.09. The Kier molecular flexibility index (Phi) is 5.99. The predicted octanol–water partition coefficient (Wildman–Crippen LogP) is 5.20. The lowest BCUT2D eigenvalue weighted by Crippen LogP contribution is -2.15. The van der Waals surface area contributed by atoms with Crippen molar-refractivity contribution in [2.75, 3.05) is 13.2 Å². The highest BCUT2D eigenvalue weighted by atomic mass is 35.5. The fraction of sp³-hybridized carbons (Fsp3) is 0.318. The maximum absolute atomic E-state index is 12.8. The average Bonchev–Trinajstić information content (AvgIpc) is 3.13. The molecule has 7 heteroatoms. The van der Waals surface area contributed by atoms with E-state index in [9.17, 15) is 4.79 Å². The van der Waals surface area contributed by atoms with Crippen molar-refractivity contribution in [3.8, 4) is 5.69 Å². The Balaban J connectivity index is 1.48.